The topological polar surface area (TPSA) is 89.4 Å². The molecule has 0 radical (unpaired) electrons. The Kier molecular flexibility index (Phi) is 4.66. The molecular formula is C11H11ClN2O3S. The Hall–Kier alpha value is -1.63. The van der Waals surface area contributed by atoms with E-state index in [9.17, 15) is 15.2 Å². The van der Waals surface area contributed by atoms with Crippen LogP contribution in [-0.2, 0) is 0 Å². The van der Waals surface area contributed by atoms with E-state index in [-0.39, 0.29) is 23.8 Å². The molecule has 1 aromatic carbocycles. The summed E-state index contributed by atoms with van der Waals surface area (Å²) in [4.78, 5) is 11.0. The van der Waals surface area contributed by atoms with Crippen molar-refractivity contribution in [2.45, 2.75) is 6.04 Å². The van der Waals surface area contributed by atoms with Gasteiger partial charge in [0.15, 0.2) is 0 Å². The molecule has 7 heteroatoms. The van der Waals surface area contributed by atoms with Gasteiger partial charge in [0.1, 0.15) is 5.75 Å². The summed E-state index contributed by atoms with van der Waals surface area (Å²) in [6.07, 6.45) is 0. The summed E-state index contributed by atoms with van der Waals surface area (Å²) in [6.45, 7) is 0. The van der Waals surface area contributed by atoms with E-state index in [0.29, 0.717) is 5.56 Å². The average Bonchev–Trinajstić information content (AvgIpc) is 2.81. The first-order chi connectivity index (χ1) is 8.09. The Balaban J connectivity index is 0.00000162. The summed E-state index contributed by atoms with van der Waals surface area (Å²) >= 11 is 1.44. The van der Waals surface area contributed by atoms with Gasteiger partial charge in [0, 0.05) is 22.6 Å². The molecule has 0 spiro atoms. The lowest BCUT2D eigenvalue weighted by molar-refractivity contribution is -0.384. The molecule has 1 aromatic heterocycles. The van der Waals surface area contributed by atoms with Crippen LogP contribution in [0.1, 0.15) is 16.5 Å². The standard InChI is InChI=1S/C11H10N2O3S.ClH/c12-11(10-2-1-5-17-10)8-6-7(13(15)16)3-4-9(8)14;/h1-6,11,14H,12H2;1H/t11-;/m0./s1. The van der Waals surface area contributed by atoms with Crippen LogP contribution < -0.4 is 5.73 Å². The summed E-state index contributed by atoms with van der Waals surface area (Å²) in [6, 6.07) is 6.97. The third-order valence-electron chi connectivity index (χ3n) is 2.41. The number of thiophene rings is 1. The zero-order valence-electron chi connectivity index (χ0n) is 9.15. The van der Waals surface area contributed by atoms with E-state index < -0.39 is 11.0 Å². The van der Waals surface area contributed by atoms with Crippen molar-refractivity contribution in [3.63, 3.8) is 0 Å². The smallest absolute Gasteiger partial charge is 0.270 e. The molecule has 0 aliphatic rings. The van der Waals surface area contributed by atoms with E-state index in [4.69, 9.17) is 5.73 Å². The number of nitrogens with two attached hydrogens (primary N) is 1. The maximum atomic E-state index is 10.7. The van der Waals surface area contributed by atoms with Crippen molar-refractivity contribution in [3.05, 3.63) is 56.3 Å². The van der Waals surface area contributed by atoms with Crippen LogP contribution in [0.3, 0.4) is 0 Å². The first-order valence-electron chi connectivity index (χ1n) is 4.86. The minimum absolute atomic E-state index is 0. The number of hydrogen-bond donors (Lipinski definition) is 2. The molecule has 0 amide bonds. The van der Waals surface area contributed by atoms with Crippen LogP contribution in [0.2, 0.25) is 0 Å². The lowest BCUT2D eigenvalue weighted by atomic mass is 10.0. The first-order valence-corrected chi connectivity index (χ1v) is 5.74. The van der Waals surface area contributed by atoms with Gasteiger partial charge in [0.25, 0.3) is 5.69 Å². The number of phenolic OH excluding ortho intramolecular Hbond substituents is 1. The van der Waals surface area contributed by atoms with Crippen molar-refractivity contribution < 1.29 is 10.0 Å². The molecule has 2 rings (SSSR count). The van der Waals surface area contributed by atoms with E-state index in [1.807, 2.05) is 17.5 Å². The molecule has 96 valence electrons. The highest BCUT2D eigenvalue weighted by Gasteiger charge is 2.17. The summed E-state index contributed by atoms with van der Waals surface area (Å²) in [5, 5.41) is 22.2. The highest BCUT2D eigenvalue weighted by molar-refractivity contribution is 7.10. The number of non-ortho nitro benzene ring substituents is 1. The summed E-state index contributed by atoms with van der Waals surface area (Å²) < 4.78 is 0. The monoisotopic (exact) mass is 286 g/mol. The quantitative estimate of drug-likeness (QED) is 0.670. The number of nitrogens with zero attached hydrogens (tertiary/aromatic N) is 1. The molecule has 0 saturated carbocycles. The summed E-state index contributed by atoms with van der Waals surface area (Å²) in [5.41, 5.74) is 6.24. The first kappa shape index (κ1) is 14.4. The lowest BCUT2D eigenvalue weighted by Crippen LogP contribution is -2.10. The molecule has 0 unspecified atom stereocenters. The highest BCUT2D eigenvalue weighted by atomic mass is 35.5. The Morgan fingerprint density at radius 3 is 2.67 bits per heavy atom. The highest BCUT2D eigenvalue weighted by Crippen LogP contribution is 2.32. The average molecular weight is 287 g/mol. The molecule has 3 N–H and O–H groups in total. The van der Waals surface area contributed by atoms with Crippen molar-refractivity contribution >= 4 is 29.4 Å². The number of benzene rings is 1. The summed E-state index contributed by atoms with van der Waals surface area (Å²) in [7, 11) is 0. The predicted octanol–water partition coefficient (Wildman–Crippen LogP) is 2.83. The van der Waals surface area contributed by atoms with Gasteiger partial charge in [-0.15, -0.1) is 23.7 Å². The molecule has 0 saturated heterocycles. The maximum Gasteiger partial charge on any atom is 0.270 e. The molecule has 18 heavy (non-hydrogen) atoms. The molecule has 0 aliphatic heterocycles. The Morgan fingerprint density at radius 1 is 1.39 bits per heavy atom. The molecule has 0 fully saturated rings. The molecule has 5 nitrogen and oxygen atoms in total. The zero-order chi connectivity index (χ0) is 12.4. The SMILES string of the molecule is Cl.N[C@H](c1cccs1)c1cc([N+](=O)[O-])ccc1O. The van der Waals surface area contributed by atoms with Crippen LogP contribution in [-0.4, -0.2) is 10.0 Å². The molecule has 0 bridgehead atoms. The van der Waals surface area contributed by atoms with Gasteiger partial charge in [-0.25, -0.2) is 0 Å². The third-order valence-corrected chi connectivity index (χ3v) is 3.36. The second kappa shape index (κ2) is 5.81. The second-order valence-corrected chi connectivity index (χ2v) is 4.47. The van der Waals surface area contributed by atoms with Crippen LogP contribution in [0, 0.1) is 10.1 Å². The molecule has 0 aliphatic carbocycles. The van der Waals surface area contributed by atoms with Crippen molar-refractivity contribution in [3.8, 4) is 5.75 Å². The van der Waals surface area contributed by atoms with E-state index in [1.54, 1.807) is 0 Å². The minimum atomic E-state index is -0.546. The number of nitro groups is 1. The number of halogens is 1. The fourth-order valence-corrected chi connectivity index (χ4v) is 2.27. The van der Waals surface area contributed by atoms with Crippen molar-refractivity contribution in [2.75, 3.05) is 0 Å². The lowest BCUT2D eigenvalue weighted by Gasteiger charge is -2.11. The third kappa shape index (κ3) is 2.79. The minimum Gasteiger partial charge on any atom is -0.508 e. The van der Waals surface area contributed by atoms with Gasteiger partial charge < -0.3 is 10.8 Å². The van der Waals surface area contributed by atoms with Gasteiger partial charge in [0.05, 0.1) is 11.0 Å². The number of aromatic hydroxyl groups is 1. The molecular weight excluding hydrogens is 276 g/mol. The number of phenols is 1. The number of nitro benzene ring substituents is 1. The van der Waals surface area contributed by atoms with Crippen LogP contribution in [0.4, 0.5) is 5.69 Å². The normalized spacial score (nSPS) is 11.6. The maximum absolute atomic E-state index is 10.7. The van der Waals surface area contributed by atoms with Gasteiger partial charge >= 0.3 is 0 Å². The predicted molar refractivity (Wildman–Crippen MR) is 72.4 cm³/mol. The van der Waals surface area contributed by atoms with Gasteiger partial charge in [-0.3, -0.25) is 10.1 Å². The fraction of sp³-hybridized carbons (Fsp3) is 0.0909. The molecule has 1 atom stereocenters. The zero-order valence-corrected chi connectivity index (χ0v) is 10.8. The van der Waals surface area contributed by atoms with Crippen LogP contribution in [0.25, 0.3) is 0 Å². The van der Waals surface area contributed by atoms with Crippen molar-refractivity contribution in [1.82, 2.24) is 0 Å². The number of rotatable bonds is 3. The van der Waals surface area contributed by atoms with E-state index in [0.717, 1.165) is 4.88 Å². The van der Waals surface area contributed by atoms with E-state index in [1.165, 1.54) is 29.5 Å². The van der Waals surface area contributed by atoms with Crippen molar-refractivity contribution in [1.29, 1.82) is 0 Å². The van der Waals surface area contributed by atoms with Gasteiger partial charge in [0.2, 0.25) is 0 Å². The Morgan fingerprint density at radius 2 is 2.11 bits per heavy atom. The summed E-state index contributed by atoms with van der Waals surface area (Å²) in [5.74, 6) is -0.0310. The van der Waals surface area contributed by atoms with Gasteiger partial charge in [-0.2, -0.15) is 0 Å². The number of hydrogen-bond acceptors (Lipinski definition) is 5. The molecule has 2 aromatic rings. The second-order valence-electron chi connectivity index (χ2n) is 3.49. The van der Waals surface area contributed by atoms with Crippen LogP contribution in [0.15, 0.2) is 35.7 Å². The fourth-order valence-electron chi connectivity index (χ4n) is 1.53. The van der Waals surface area contributed by atoms with Crippen LogP contribution in [0.5, 0.6) is 5.75 Å². The Labute approximate surface area is 113 Å². The van der Waals surface area contributed by atoms with Crippen molar-refractivity contribution in [2.24, 2.45) is 5.73 Å². The Bertz CT molecular complexity index is 545. The van der Waals surface area contributed by atoms with Gasteiger partial charge in [-0.1, -0.05) is 6.07 Å². The largest absolute Gasteiger partial charge is 0.508 e. The molecule has 1 heterocycles. The van der Waals surface area contributed by atoms with E-state index >= 15 is 0 Å². The van der Waals surface area contributed by atoms with Gasteiger partial charge in [-0.05, 0) is 17.5 Å². The van der Waals surface area contributed by atoms with Crippen LogP contribution >= 0.6 is 23.7 Å². The van der Waals surface area contributed by atoms with E-state index in [2.05, 4.69) is 0 Å².